The Kier molecular flexibility index (Phi) is 0.396. The SMILES string of the molecule is C1C[NH+]2CCC12. The largest absolute Gasteiger partial charge is 0.332 e. The minimum absolute atomic E-state index is 1.13. The summed E-state index contributed by atoms with van der Waals surface area (Å²) in [6, 6.07) is 1.13. The lowest BCUT2D eigenvalue weighted by Crippen LogP contribution is -3.27. The second-order valence-corrected chi connectivity index (χ2v) is 2.43. The molecule has 2 fully saturated rings. The van der Waals surface area contributed by atoms with Gasteiger partial charge in [-0.15, -0.1) is 0 Å². The van der Waals surface area contributed by atoms with E-state index in [9.17, 15) is 0 Å². The quantitative estimate of drug-likeness (QED) is 0.386. The molecule has 0 aliphatic carbocycles. The van der Waals surface area contributed by atoms with Crippen LogP contribution in [0.2, 0.25) is 0 Å². The zero-order valence-electron chi connectivity index (χ0n) is 3.91. The number of rotatable bonds is 0. The standard InChI is InChI=1S/C5H9N/c1-3-6-4-2-5(1)6/h5H,1-4H2/p+1. The van der Waals surface area contributed by atoms with Crippen molar-refractivity contribution in [1.29, 1.82) is 0 Å². The average molecular weight is 84.1 g/mol. The maximum Gasteiger partial charge on any atom is 0.0983 e. The molecule has 6 heavy (non-hydrogen) atoms. The smallest absolute Gasteiger partial charge is 0.0983 e. The minimum atomic E-state index is 1.13. The third-order valence-corrected chi connectivity index (χ3v) is 2.21. The number of hydrogen-bond donors (Lipinski definition) is 1. The first-order chi connectivity index (χ1) is 2.97. The molecular weight excluding hydrogens is 74.1 g/mol. The molecular formula is C5H10N+. The molecule has 0 spiro atoms. The Hall–Kier alpha value is -0.0400. The average Bonchev–Trinajstić information content (AvgIpc) is 1.54. The van der Waals surface area contributed by atoms with E-state index in [4.69, 9.17) is 0 Å². The van der Waals surface area contributed by atoms with Crippen molar-refractivity contribution in [3.63, 3.8) is 0 Å². The van der Waals surface area contributed by atoms with Crippen LogP contribution in [0.5, 0.6) is 0 Å². The van der Waals surface area contributed by atoms with E-state index in [1.807, 2.05) is 4.90 Å². The molecule has 0 aromatic heterocycles. The molecule has 0 aromatic rings. The Balaban J connectivity index is 2.03. The summed E-state index contributed by atoms with van der Waals surface area (Å²) in [5.74, 6) is 0. The van der Waals surface area contributed by atoms with Crippen molar-refractivity contribution in [1.82, 2.24) is 0 Å². The Bertz CT molecular complexity index is 52.3. The summed E-state index contributed by atoms with van der Waals surface area (Å²) in [5, 5.41) is 0. The van der Waals surface area contributed by atoms with E-state index in [0.717, 1.165) is 6.04 Å². The van der Waals surface area contributed by atoms with Crippen molar-refractivity contribution in [2.75, 3.05) is 13.1 Å². The van der Waals surface area contributed by atoms with Crippen LogP contribution in [0.1, 0.15) is 12.8 Å². The van der Waals surface area contributed by atoms with Gasteiger partial charge >= 0.3 is 0 Å². The molecule has 2 saturated heterocycles. The molecule has 0 unspecified atom stereocenters. The monoisotopic (exact) mass is 84.1 g/mol. The van der Waals surface area contributed by atoms with Crippen molar-refractivity contribution < 1.29 is 4.90 Å². The Morgan fingerprint density at radius 2 is 1.67 bits per heavy atom. The zero-order chi connectivity index (χ0) is 3.98. The van der Waals surface area contributed by atoms with Gasteiger partial charge in [-0.1, -0.05) is 0 Å². The minimum Gasteiger partial charge on any atom is -0.332 e. The van der Waals surface area contributed by atoms with Gasteiger partial charge in [0, 0.05) is 12.8 Å². The fraction of sp³-hybridized carbons (Fsp3) is 1.00. The van der Waals surface area contributed by atoms with Crippen molar-refractivity contribution in [2.24, 2.45) is 0 Å². The fourth-order valence-electron chi connectivity index (χ4n) is 1.37. The molecule has 2 aliphatic rings. The van der Waals surface area contributed by atoms with E-state index in [-0.39, 0.29) is 0 Å². The Morgan fingerprint density at radius 3 is 1.67 bits per heavy atom. The van der Waals surface area contributed by atoms with Crippen molar-refractivity contribution in [3.8, 4) is 0 Å². The van der Waals surface area contributed by atoms with Gasteiger partial charge in [-0.2, -0.15) is 0 Å². The van der Waals surface area contributed by atoms with Gasteiger partial charge in [0.05, 0.1) is 19.1 Å². The van der Waals surface area contributed by atoms with E-state index in [2.05, 4.69) is 0 Å². The van der Waals surface area contributed by atoms with Gasteiger partial charge < -0.3 is 4.90 Å². The highest BCUT2D eigenvalue weighted by molar-refractivity contribution is 4.70. The molecule has 1 nitrogen and oxygen atoms in total. The molecule has 0 saturated carbocycles. The lowest BCUT2D eigenvalue weighted by molar-refractivity contribution is -1.01. The van der Waals surface area contributed by atoms with Crippen molar-refractivity contribution in [3.05, 3.63) is 0 Å². The summed E-state index contributed by atoms with van der Waals surface area (Å²) in [6.07, 6.45) is 3.05. The molecule has 2 rings (SSSR count). The Labute approximate surface area is 37.9 Å². The first-order valence-corrected chi connectivity index (χ1v) is 2.81. The third-order valence-electron chi connectivity index (χ3n) is 2.21. The molecule has 0 bridgehead atoms. The van der Waals surface area contributed by atoms with E-state index < -0.39 is 0 Å². The van der Waals surface area contributed by atoms with Crippen LogP contribution in [0, 0.1) is 0 Å². The molecule has 0 atom stereocenters. The molecule has 34 valence electrons. The summed E-state index contributed by atoms with van der Waals surface area (Å²) >= 11 is 0. The van der Waals surface area contributed by atoms with Gasteiger partial charge in [-0.05, 0) is 0 Å². The maximum absolute atomic E-state index is 1.87. The van der Waals surface area contributed by atoms with Gasteiger partial charge in [-0.25, -0.2) is 0 Å². The van der Waals surface area contributed by atoms with Crippen LogP contribution in [0.15, 0.2) is 0 Å². The molecule has 0 radical (unpaired) electrons. The summed E-state index contributed by atoms with van der Waals surface area (Å²) in [4.78, 5) is 1.87. The summed E-state index contributed by atoms with van der Waals surface area (Å²) < 4.78 is 0. The molecule has 0 amide bonds. The van der Waals surface area contributed by atoms with Gasteiger partial charge in [0.25, 0.3) is 0 Å². The summed E-state index contributed by atoms with van der Waals surface area (Å²) in [5.41, 5.74) is 0. The number of nitrogens with one attached hydrogen (secondary N) is 1. The predicted octanol–water partition coefficient (Wildman–Crippen LogP) is -0.953. The van der Waals surface area contributed by atoms with Crippen molar-refractivity contribution >= 4 is 0 Å². The highest BCUT2D eigenvalue weighted by Gasteiger charge is 2.40. The van der Waals surface area contributed by atoms with Crippen LogP contribution >= 0.6 is 0 Å². The molecule has 2 heterocycles. The van der Waals surface area contributed by atoms with Crippen molar-refractivity contribution in [2.45, 2.75) is 18.9 Å². The third kappa shape index (κ3) is 0.178. The lowest BCUT2D eigenvalue weighted by Gasteiger charge is -2.45. The van der Waals surface area contributed by atoms with E-state index in [0.29, 0.717) is 0 Å². The number of quaternary nitrogens is 1. The second-order valence-electron chi connectivity index (χ2n) is 2.43. The molecule has 1 N–H and O–H groups in total. The normalized spacial score (nSPS) is 52.0. The first-order valence-electron chi connectivity index (χ1n) is 2.81. The van der Waals surface area contributed by atoms with Crippen LogP contribution in [0.25, 0.3) is 0 Å². The zero-order valence-corrected chi connectivity index (χ0v) is 3.91. The second kappa shape index (κ2) is 0.784. The maximum atomic E-state index is 1.87. The summed E-state index contributed by atoms with van der Waals surface area (Å²) in [6.45, 7) is 2.95. The Morgan fingerprint density at radius 1 is 1.17 bits per heavy atom. The molecule has 1 heteroatoms. The number of fused-ring (bicyclic) bond motifs is 1. The molecule has 0 aromatic carbocycles. The van der Waals surface area contributed by atoms with Crippen LogP contribution < -0.4 is 4.90 Å². The van der Waals surface area contributed by atoms with E-state index in [1.165, 1.54) is 25.9 Å². The van der Waals surface area contributed by atoms with Gasteiger partial charge in [-0.3, -0.25) is 0 Å². The van der Waals surface area contributed by atoms with E-state index >= 15 is 0 Å². The van der Waals surface area contributed by atoms with Crippen LogP contribution in [-0.2, 0) is 0 Å². The van der Waals surface area contributed by atoms with E-state index in [1.54, 1.807) is 0 Å². The number of piperidine rings is 1. The first kappa shape index (κ1) is 3.03. The van der Waals surface area contributed by atoms with Crippen LogP contribution in [0.4, 0.5) is 0 Å². The van der Waals surface area contributed by atoms with Crippen LogP contribution in [-0.4, -0.2) is 19.1 Å². The topological polar surface area (TPSA) is 4.44 Å². The summed E-state index contributed by atoms with van der Waals surface area (Å²) in [7, 11) is 0. The highest BCUT2D eigenvalue weighted by Crippen LogP contribution is 2.06. The fourth-order valence-corrected chi connectivity index (χ4v) is 1.37. The number of hydrogen-bond acceptors (Lipinski definition) is 0. The van der Waals surface area contributed by atoms with Gasteiger partial charge in [0.2, 0.25) is 0 Å². The van der Waals surface area contributed by atoms with Gasteiger partial charge in [0.15, 0.2) is 0 Å². The predicted molar refractivity (Wildman–Crippen MR) is 23.7 cm³/mol. The highest BCUT2D eigenvalue weighted by atomic mass is 15.3. The molecule has 2 aliphatic heterocycles. The van der Waals surface area contributed by atoms with Crippen LogP contribution in [0.3, 0.4) is 0 Å². The van der Waals surface area contributed by atoms with Gasteiger partial charge in [0.1, 0.15) is 0 Å². The lowest BCUT2D eigenvalue weighted by atomic mass is 9.91.